The number of nitrogens with one attached hydrogen (secondary N) is 2. The molecule has 1 aromatic carbocycles. The monoisotopic (exact) mass is 274 g/mol. The number of nitrogens with zero attached hydrogens (tertiary/aromatic N) is 1. The Balaban J connectivity index is 0.000000276. The molecule has 4 heteroatoms. The largest absolute Gasteiger partial charge is 0.390 e. The molecule has 0 bridgehead atoms. The predicted octanol–water partition coefficient (Wildman–Crippen LogP) is 2.88. The Morgan fingerprint density at radius 1 is 1.30 bits per heavy atom. The molecule has 1 saturated heterocycles. The smallest absolute Gasteiger partial charge is 0.124 e. The minimum Gasteiger partial charge on any atom is -0.390 e. The molecule has 1 aliphatic rings. The van der Waals surface area contributed by atoms with Gasteiger partial charge < -0.3 is 16.4 Å². The minimum atomic E-state index is 0.539. The molecule has 1 aliphatic heterocycles. The quantitative estimate of drug-likeness (QED) is 0.584. The summed E-state index contributed by atoms with van der Waals surface area (Å²) < 4.78 is 0. The second-order valence-electron chi connectivity index (χ2n) is 4.71. The third-order valence-electron chi connectivity index (χ3n) is 3.09. The maximum Gasteiger partial charge on any atom is 0.124 e. The lowest BCUT2D eigenvalue weighted by Gasteiger charge is -2.08. The maximum absolute atomic E-state index is 5.14. The summed E-state index contributed by atoms with van der Waals surface area (Å²) in [4.78, 5) is 3.81. The van der Waals surface area contributed by atoms with Crippen LogP contribution in [0.2, 0.25) is 0 Å². The zero-order chi connectivity index (χ0) is 14.6. The lowest BCUT2D eigenvalue weighted by molar-refractivity contribution is 0.520. The van der Waals surface area contributed by atoms with Gasteiger partial charge in [-0.2, -0.15) is 0 Å². The van der Waals surface area contributed by atoms with Crippen LogP contribution in [-0.2, 0) is 6.42 Å². The standard InChI is InChI=1S/C11H15N3.C5H11N/c1-3-10-4-6-11(7-5-10)14-9(2)13-8-12;1-2-4-6-5-3-1/h4-8,14H,2-3H2,1H3,(H2,12,13);6H,1-5H2. The van der Waals surface area contributed by atoms with Crippen LogP contribution in [0.5, 0.6) is 0 Å². The van der Waals surface area contributed by atoms with Crippen molar-refractivity contribution in [2.24, 2.45) is 10.7 Å². The topological polar surface area (TPSA) is 62.4 Å². The summed E-state index contributed by atoms with van der Waals surface area (Å²) in [6.07, 6.45) is 6.48. The van der Waals surface area contributed by atoms with Crippen molar-refractivity contribution in [1.82, 2.24) is 5.32 Å². The number of aryl methyl sites for hydroxylation is 1. The molecule has 4 N–H and O–H groups in total. The van der Waals surface area contributed by atoms with Gasteiger partial charge in [-0.15, -0.1) is 0 Å². The van der Waals surface area contributed by atoms with Gasteiger partial charge in [-0.1, -0.05) is 32.1 Å². The fourth-order valence-electron chi connectivity index (χ4n) is 1.91. The van der Waals surface area contributed by atoms with E-state index in [4.69, 9.17) is 5.73 Å². The lowest BCUT2D eigenvalue weighted by atomic mass is 10.1. The molecule has 0 spiro atoms. The fraction of sp³-hybridized carbons (Fsp3) is 0.438. The van der Waals surface area contributed by atoms with Gasteiger partial charge in [0.15, 0.2) is 0 Å². The third-order valence-corrected chi connectivity index (χ3v) is 3.09. The first-order valence-electron chi connectivity index (χ1n) is 7.26. The molecule has 20 heavy (non-hydrogen) atoms. The van der Waals surface area contributed by atoms with Gasteiger partial charge in [-0.25, -0.2) is 4.99 Å². The molecule has 1 fully saturated rings. The molecule has 0 atom stereocenters. The highest BCUT2D eigenvalue weighted by Gasteiger charge is 1.94. The Bertz CT molecular complexity index is 393. The lowest BCUT2D eigenvalue weighted by Crippen LogP contribution is -2.21. The number of hydrogen-bond acceptors (Lipinski definition) is 3. The average molecular weight is 274 g/mol. The first-order chi connectivity index (χ1) is 9.76. The number of nitrogens with two attached hydrogens (primary N) is 1. The van der Waals surface area contributed by atoms with Crippen molar-refractivity contribution in [3.63, 3.8) is 0 Å². The minimum absolute atomic E-state index is 0.539. The Hall–Kier alpha value is -1.81. The van der Waals surface area contributed by atoms with Gasteiger partial charge in [0.05, 0.1) is 6.34 Å². The Kier molecular flexibility index (Phi) is 8.15. The predicted molar refractivity (Wildman–Crippen MR) is 88.0 cm³/mol. The summed E-state index contributed by atoms with van der Waals surface area (Å²) in [6, 6.07) is 8.13. The van der Waals surface area contributed by atoms with E-state index in [0.29, 0.717) is 5.82 Å². The number of benzene rings is 1. The molecule has 0 saturated carbocycles. The van der Waals surface area contributed by atoms with Crippen LogP contribution < -0.4 is 16.4 Å². The zero-order valence-corrected chi connectivity index (χ0v) is 12.4. The third kappa shape index (κ3) is 6.95. The van der Waals surface area contributed by atoms with Crippen molar-refractivity contribution in [2.75, 3.05) is 18.4 Å². The van der Waals surface area contributed by atoms with E-state index in [1.54, 1.807) is 0 Å². The van der Waals surface area contributed by atoms with Gasteiger partial charge >= 0.3 is 0 Å². The van der Waals surface area contributed by atoms with Gasteiger partial charge in [0, 0.05) is 5.69 Å². The van der Waals surface area contributed by atoms with Crippen molar-refractivity contribution in [3.8, 4) is 0 Å². The average Bonchev–Trinajstić information content (AvgIpc) is 2.51. The normalized spacial score (nSPS) is 14.4. The molecular weight excluding hydrogens is 248 g/mol. The van der Waals surface area contributed by atoms with Crippen LogP contribution in [0.25, 0.3) is 0 Å². The number of hydrogen-bond donors (Lipinski definition) is 3. The summed E-state index contributed by atoms with van der Waals surface area (Å²) in [6.45, 7) is 8.32. The molecule has 2 rings (SSSR count). The van der Waals surface area contributed by atoms with E-state index in [0.717, 1.165) is 12.1 Å². The van der Waals surface area contributed by atoms with Crippen LogP contribution in [-0.4, -0.2) is 19.4 Å². The molecule has 0 radical (unpaired) electrons. The number of rotatable bonds is 4. The van der Waals surface area contributed by atoms with Gasteiger partial charge in [0.2, 0.25) is 0 Å². The first kappa shape index (κ1) is 16.2. The molecule has 110 valence electrons. The van der Waals surface area contributed by atoms with Crippen molar-refractivity contribution in [2.45, 2.75) is 32.6 Å². The second kappa shape index (κ2) is 10.0. The highest BCUT2D eigenvalue weighted by Crippen LogP contribution is 2.11. The summed E-state index contributed by atoms with van der Waals surface area (Å²) in [5.74, 6) is 0.539. The zero-order valence-electron chi connectivity index (χ0n) is 12.4. The van der Waals surface area contributed by atoms with E-state index in [1.165, 1.54) is 44.3 Å². The van der Waals surface area contributed by atoms with Crippen LogP contribution in [0.1, 0.15) is 31.7 Å². The number of piperidine rings is 1. The molecule has 0 aliphatic carbocycles. The van der Waals surface area contributed by atoms with Crippen molar-refractivity contribution in [1.29, 1.82) is 0 Å². The molecular formula is C16H26N4. The fourth-order valence-corrected chi connectivity index (χ4v) is 1.91. The SMILES string of the molecule is C1CCNCC1.C=C(/N=C\N)Nc1ccc(CC)cc1. The highest BCUT2D eigenvalue weighted by atomic mass is 15.0. The van der Waals surface area contributed by atoms with Gasteiger partial charge in [-0.05, 0) is 50.0 Å². The van der Waals surface area contributed by atoms with E-state index < -0.39 is 0 Å². The molecule has 1 aromatic rings. The van der Waals surface area contributed by atoms with Crippen LogP contribution in [0, 0.1) is 0 Å². The maximum atomic E-state index is 5.14. The van der Waals surface area contributed by atoms with Crippen molar-refractivity contribution in [3.05, 3.63) is 42.2 Å². The van der Waals surface area contributed by atoms with Gasteiger partial charge in [0.25, 0.3) is 0 Å². The van der Waals surface area contributed by atoms with Crippen molar-refractivity contribution >= 4 is 12.0 Å². The Labute approximate surface area is 122 Å². The van der Waals surface area contributed by atoms with Crippen LogP contribution in [0.15, 0.2) is 41.7 Å². The first-order valence-corrected chi connectivity index (χ1v) is 7.26. The second-order valence-corrected chi connectivity index (χ2v) is 4.71. The van der Waals surface area contributed by atoms with E-state index in [2.05, 4.69) is 41.3 Å². The van der Waals surface area contributed by atoms with E-state index >= 15 is 0 Å². The number of anilines is 1. The summed E-state index contributed by atoms with van der Waals surface area (Å²) in [5, 5.41) is 6.31. The molecule has 4 nitrogen and oxygen atoms in total. The van der Waals surface area contributed by atoms with E-state index in [9.17, 15) is 0 Å². The highest BCUT2D eigenvalue weighted by molar-refractivity contribution is 5.56. The molecule has 0 amide bonds. The summed E-state index contributed by atoms with van der Waals surface area (Å²) in [5.41, 5.74) is 7.42. The van der Waals surface area contributed by atoms with Crippen LogP contribution >= 0.6 is 0 Å². The van der Waals surface area contributed by atoms with Crippen molar-refractivity contribution < 1.29 is 0 Å². The van der Waals surface area contributed by atoms with Gasteiger partial charge in [-0.3, -0.25) is 0 Å². The van der Waals surface area contributed by atoms with Crippen LogP contribution in [0.4, 0.5) is 5.69 Å². The van der Waals surface area contributed by atoms with Crippen LogP contribution in [0.3, 0.4) is 0 Å². The van der Waals surface area contributed by atoms with Gasteiger partial charge in [0.1, 0.15) is 5.82 Å². The van der Waals surface area contributed by atoms with E-state index in [-0.39, 0.29) is 0 Å². The Morgan fingerprint density at radius 3 is 2.35 bits per heavy atom. The Morgan fingerprint density at radius 2 is 1.95 bits per heavy atom. The van der Waals surface area contributed by atoms with E-state index in [1.807, 2.05) is 12.1 Å². The molecule has 0 unspecified atom stereocenters. The molecule has 1 heterocycles. The number of aliphatic imine (C=N–C) groups is 1. The summed E-state index contributed by atoms with van der Waals surface area (Å²) >= 11 is 0. The summed E-state index contributed by atoms with van der Waals surface area (Å²) in [7, 11) is 0. The molecule has 0 aromatic heterocycles.